The quantitative estimate of drug-likeness (QED) is 0.872. The van der Waals surface area contributed by atoms with Gasteiger partial charge in [0.15, 0.2) is 0 Å². The molecular formula is C18H23BrN2O2. The van der Waals surface area contributed by atoms with E-state index in [2.05, 4.69) is 32.2 Å². The number of nitrogens with one attached hydrogen (secondary N) is 1. The Morgan fingerprint density at radius 2 is 2.04 bits per heavy atom. The predicted molar refractivity (Wildman–Crippen MR) is 94.7 cm³/mol. The number of carbonyl (C=O) groups excluding carboxylic acids is 1. The topological polar surface area (TPSA) is 41.6 Å². The van der Waals surface area contributed by atoms with Crippen molar-refractivity contribution in [3.8, 4) is 0 Å². The summed E-state index contributed by atoms with van der Waals surface area (Å²) >= 11 is 3.53. The van der Waals surface area contributed by atoms with E-state index in [-0.39, 0.29) is 11.8 Å². The van der Waals surface area contributed by atoms with Crippen LogP contribution in [-0.4, -0.2) is 32.2 Å². The van der Waals surface area contributed by atoms with Gasteiger partial charge in [0, 0.05) is 23.5 Å². The van der Waals surface area contributed by atoms with Crippen LogP contribution in [0.3, 0.4) is 0 Å². The first-order chi connectivity index (χ1) is 11.2. The molecule has 1 aromatic carbocycles. The van der Waals surface area contributed by atoms with E-state index >= 15 is 0 Å². The van der Waals surface area contributed by atoms with Gasteiger partial charge in [-0.2, -0.15) is 0 Å². The lowest BCUT2D eigenvalue weighted by Gasteiger charge is -2.31. The molecule has 4 rings (SSSR count). The highest BCUT2D eigenvalue weighted by atomic mass is 79.9. The molecule has 3 fully saturated rings. The fraction of sp³-hybridized carbons (Fsp3) is 0.611. The molecule has 2 saturated carbocycles. The number of hydrogen-bond donors (Lipinski definition) is 1. The maximum absolute atomic E-state index is 12.8. The minimum absolute atomic E-state index is 0.213. The molecule has 0 radical (unpaired) electrons. The second-order valence-corrected chi connectivity index (χ2v) is 7.95. The summed E-state index contributed by atoms with van der Waals surface area (Å²) in [5.74, 6) is 1.83. The maximum Gasteiger partial charge on any atom is 0.227 e. The van der Waals surface area contributed by atoms with Gasteiger partial charge in [0.1, 0.15) is 0 Å². The Bertz CT molecular complexity index is 601. The number of carbonyl (C=O) groups is 1. The van der Waals surface area contributed by atoms with Crippen molar-refractivity contribution in [1.82, 2.24) is 0 Å². The van der Waals surface area contributed by atoms with Gasteiger partial charge < -0.3 is 15.0 Å². The van der Waals surface area contributed by atoms with E-state index in [0.717, 1.165) is 54.5 Å². The van der Waals surface area contributed by atoms with Crippen LogP contribution in [0.4, 0.5) is 11.4 Å². The smallest absolute Gasteiger partial charge is 0.227 e. The van der Waals surface area contributed by atoms with Gasteiger partial charge in [0.05, 0.1) is 24.6 Å². The van der Waals surface area contributed by atoms with Gasteiger partial charge >= 0.3 is 0 Å². The molecule has 1 heterocycles. The molecule has 1 aliphatic heterocycles. The average molecular weight is 379 g/mol. The summed E-state index contributed by atoms with van der Waals surface area (Å²) in [7, 11) is 0. The van der Waals surface area contributed by atoms with Crippen LogP contribution in [0.1, 0.15) is 25.7 Å². The SMILES string of the molecule is O=C(Nc1cc(Br)ccc1N1CCOCC1)[C@H]1C[C@H]2CC[C@H]1C2. The second-order valence-electron chi connectivity index (χ2n) is 7.03. The Balaban J connectivity index is 1.53. The summed E-state index contributed by atoms with van der Waals surface area (Å²) in [6.45, 7) is 3.24. The lowest BCUT2D eigenvalue weighted by atomic mass is 9.88. The van der Waals surface area contributed by atoms with Crippen LogP contribution in [0.2, 0.25) is 0 Å². The number of benzene rings is 1. The number of nitrogens with zero attached hydrogens (tertiary/aromatic N) is 1. The van der Waals surface area contributed by atoms with Crippen molar-refractivity contribution in [2.45, 2.75) is 25.7 Å². The van der Waals surface area contributed by atoms with Gasteiger partial charge in [-0.05, 0) is 49.3 Å². The van der Waals surface area contributed by atoms with Crippen molar-refractivity contribution in [3.05, 3.63) is 22.7 Å². The van der Waals surface area contributed by atoms with Crippen molar-refractivity contribution < 1.29 is 9.53 Å². The number of halogens is 1. The average Bonchev–Trinajstić information content (AvgIpc) is 3.19. The molecule has 1 N–H and O–H groups in total. The number of anilines is 2. The van der Waals surface area contributed by atoms with Crippen molar-refractivity contribution in [2.75, 3.05) is 36.5 Å². The molecule has 2 bridgehead atoms. The molecule has 124 valence electrons. The molecule has 5 heteroatoms. The molecule has 1 aromatic rings. The fourth-order valence-corrected chi connectivity index (χ4v) is 4.84. The number of fused-ring (bicyclic) bond motifs is 2. The summed E-state index contributed by atoms with van der Waals surface area (Å²) in [6.07, 6.45) is 4.90. The molecule has 3 aliphatic rings. The summed E-state index contributed by atoms with van der Waals surface area (Å²) in [6, 6.07) is 6.15. The van der Waals surface area contributed by atoms with Gasteiger partial charge in [-0.25, -0.2) is 0 Å². The van der Waals surface area contributed by atoms with Crippen molar-refractivity contribution in [3.63, 3.8) is 0 Å². The van der Waals surface area contributed by atoms with E-state index in [1.807, 2.05) is 12.1 Å². The molecule has 1 saturated heterocycles. The van der Waals surface area contributed by atoms with Crippen LogP contribution in [0.15, 0.2) is 22.7 Å². The largest absolute Gasteiger partial charge is 0.378 e. The number of hydrogen-bond acceptors (Lipinski definition) is 3. The van der Waals surface area contributed by atoms with Crippen LogP contribution < -0.4 is 10.2 Å². The third-order valence-corrected chi connectivity index (χ3v) is 6.14. The van der Waals surface area contributed by atoms with Gasteiger partial charge in [-0.15, -0.1) is 0 Å². The number of ether oxygens (including phenoxy) is 1. The minimum atomic E-state index is 0.213. The van der Waals surface area contributed by atoms with Crippen LogP contribution in [0, 0.1) is 17.8 Å². The standard InChI is InChI=1S/C18H23BrN2O2/c19-14-3-4-17(21-5-7-23-8-6-21)16(11-14)20-18(22)15-10-12-1-2-13(15)9-12/h3-4,11-13,15H,1-2,5-10H2,(H,20,22)/t12-,13-,15-/m0/s1. The lowest BCUT2D eigenvalue weighted by molar-refractivity contribution is -0.121. The molecule has 23 heavy (non-hydrogen) atoms. The zero-order valence-corrected chi connectivity index (χ0v) is 14.8. The van der Waals surface area contributed by atoms with E-state index < -0.39 is 0 Å². The number of rotatable bonds is 3. The summed E-state index contributed by atoms with van der Waals surface area (Å²) in [5, 5.41) is 3.22. The van der Waals surface area contributed by atoms with Crippen LogP contribution >= 0.6 is 15.9 Å². The van der Waals surface area contributed by atoms with Gasteiger partial charge in [-0.1, -0.05) is 22.4 Å². The maximum atomic E-state index is 12.8. The number of amides is 1. The van der Waals surface area contributed by atoms with E-state index in [4.69, 9.17) is 4.74 Å². The monoisotopic (exact) mass is 378 g/mol. The molecule has 4 nitrogen and oxygen atoms in total. The molecular weight excluding hydrogens is 356 g/mol. The van der Waals surface area contributed by atoms with Crippen molar-refractivity contribution in [1.29, 1.82) is 0 Å². The first-order valence-corrected chi connectivity index (χ1v) is 9.43. The third kappa shape index (κ3) is 3.13. The molecule has 3 atom stereocenters. The van der Waals surface area contributed by atoms with E-state index in [1.54, 1.807) is 0 Å². The Kier molecular flexibility index (Phi) is 4.33. The fourth-order valence-electron chi connectivity index (χ4n) is 4.48. The predicted octanol–water partition coefficient (Wildman–Crippen LogP) is 3.66. The molecule has 1 amide bonds. The Morgan fingerprint density at radius 3 is 2.74 bits per heavy atom. The highest BCUT2D eigenvalue weighted by Crippen LogP contribution is 2.48. The first kappa shape index (κ1) is 15.5. The highest BCUT2D eigenvalue weighted by Gasteiger charge is 2.43. The molecule has 0 unspecified atom stereocenters. The lowest BCUT2D eigenvalue weighted by Crippen LogP contribution is -2.37. The van der Waals surface area contributed by atoms with E-state index in [0.29, 0.717) is 5.92 Å². The highest BCUT2D eigenvalue weighted by molar-refractivity contribution is 9.10. The zero-order valence-electron chi connectivity index (χ0n) is 13.3. The Labute approximate surface area is 145 Å². The normalized spacial score (nSPS) is 29.8. The van der Waals surface area contributed by atoms with Crippen LogP contribution in [0.5, 0.6) is 0 Å². The Morgan fingerprint density at radius 1 is 1.22 bits per heavy atom. The van der Waals surface area contributed by atoms with Crippen molar-refractivity contribution >= 4 is 33.2 Å². The van der Waals surface area contributed by atoms with Gasteiger partial charge in [0.2, 0.25) is 5.91 Å². The minimum Gasteiger partial charge on any atom is -0.378 e. The molecule has 2 aliphatic carbocycles. The molecule has 0 aromatic heterocycles. The van der Waals surface area contributed by atoms with E-state index in [1.165, 1.54) is 19.3 Å². The summed E-state index contributed by atoms with van der Waals surface area (Å²) in [5.41, 5.74) is 2.03. The number of morpholine rings is 1. The zero-order chi connectivity index (χ0) is 15.8. The van der Waals surface area contributed by atoms with Gasteiger partial charge in [0.25, 0.3) is 0 Å². The summed E-state index contributed by atoms with van der Waals surface area (Å²) < 4.78 is 6.44. The van der Waals surface area contributed by atoms with Crippen LogP contribution in [-0.2, 0) is 9.53 Å². The third-order valence-electron chi connectivity index (χ3n) is 5.64. The van der Waals surface area contributed by atoms with E-state index in [9.17, 15) is 4.79 Å². The van der Waals surface area contributed by atoms with Gasteiger partial charge in [-0.3, -0.25) is 4.79 Å². The second kappa shape index (κ2) is 6.44. The molecule has 0 spiro atoms. The summed E-state index contributed by atoms with van der Waals surface area (Å²) in [4.78, 5) is 15.1. The van der Waals surface area contributed by atoms with Crippen molar-refractivity contribution in [2.24, 2.45) is 17.8 Å². The Hall–Kier alpha value is -1.07. The first-order valence-electron chi connectivity index (χ1n) is 8.64. The van der Waals surface area contributed by atoms with Crippen LogP contribution in [0.25, 0.3) is 0 Å².